The molecule has 46 heavy (non-hydrogen) atoms. The maximum Gasteiger partial charge on any atom is 0.271 e. The van der Waals surface area contributed by atoms with Gasteiger partial charge >= 0.3 is 0 Å². The largest absolute Gasteiger partial charge is 0.496 e. The van der Waals surface area contributed by atoms with E-state index in [1.54, 1.807) is 55.5 Å². The zero-order valence-corrected chi connectivity index (χ0v) is 25.8. The summed E-state index contributed by atoms with van der Waals surface area (Å²) in [6, 6.07) is 16.8. The van der Waals surface area contributed by atoms with Crippen LogP contribution in [0.1, 0.15) is 29.0 Å². The molecule has 2 aromatic heterocycles. The molecule has 0 aliphatic carbocycles. The van der Waals surface area contributed by atoms with E-state index in [-0.39, 0.29) is 23.3 Å². The van der Waals surface area contributed by atoms with E-state index in [1.165, 1.54) is 23.0 Å². The van der Waals surface area contributed by atoms with Gasteiger partial charge in [-0.3, -0.25) is 14.2 Å². The fourth-order valence-electron chi connectivity index (χ4n) is 5.03. The molecule has 234 valence electrons. The van der Waals surface area contributed by atoms with Crippen LogP contribution in [0.3, 0.4) is 0 Å². The van der Waals surface area contributed by atoms with Gasteiger partial charge in [0.25, 0.3) is 11.5 Å². The Morgan fingerprint density at radius 2 is 1.76 bits per heavy atom. The summed E-state index contributed by atoms with van der Waals surface area (Å²) in [5.74, 6) is -7.83. The average Bonchev–Trinajstić information content (AvgIpc) is 3.68. The number of methoxy groups -OCH3 is 1. The number of ether oxygens (including phenoxy) is 2. The molecule has 1 atom stereocenters. The molecule has 5 aromatic rings. The molecule has 0 saturated carbocycles. The van der Waals surface area contributed by atoms with Gasteiger partial charge in [0.1, 0.15) is 18.4 Å². The summed E-state index contributed by atoms with van der Waals surface area (Å²) in [4.78, 5) is 33.3. The Bertz CT molecular complexity index is 2150. The van der Waals surface area contributed by atoms with Crippen molar-refractivity contribution < 1.29 is 31.8 Å². The number of carbonyl (C=O) groups excluding carboxylic acids is 1. The summed E-state index contributed by atoms with van der Waals surface area (Å²) >= 11 is 2.54. The molecular formula is C33H23F4N3O4S2. The van der Waals surface area contributed by atoms with Crippen LogP contribution in [0, 0.1) is 23.3 Å². The minimum absolute atomic E-state index is 0.0950. The predicted octanol–water partition coefficient (Wildman–Crippen LogP) is 6.08. The fourth-order valence-corrected chi connectivity index (χ4v) is 6.90. The van der Waals surface area contributed by atoms with Gasteiger partial charge in [0.15, 0.2) is 22.2 Å². The molecule has 13 heteroatoms. The smallest absolute Gasteiger partial charge is 0.271 e. The quantitative estimate of drug-likeness (QED) is 0.161. The number of hydrogen-bond donors (Lipinski definition) is 1. The highest BCUT2D eigenvalue weighted by atomic mass is 32.1. The first-order chi connectivity index (χ1) is 22.2. The van der Waals surface area contributed by atoms with Crippen LogP contribution in [-0.4, -0.2) is 17.6 Å². The number of nitrogens with zero attached hydrogens (tertiary/aromatic N) is 2. The van der Waals surface area contributed by atoms with Gasteiger partial charge in [0.05, 0.1) is 22.9 Å². The number of rotatable bonds is 8. The number of hydrogen-bond acceptors (Lipinski definition) is 7. The first-order valence-corrected chi connectivity index (χ1v) is 15.4. The number of anilines is 1. The number of para-hydroxylation sites is 1. The first-order valence-electron chi connectivity index (χ1n) is 13.7. The molecule has 1 aliphatic heterocycles. The molecule has 6 rings (SSSR count). The van der Waals surface area contributed by atoms with Crippen LogP contribution in [0.2, 0.25) is 0 Å². The average molecular weight is 666 g/mol. The van der Waals surface area contributed by atoms with Crippen LogP contribution in [-0.2, 0) is 11.4 Å². The van der Waals surface area contributed by atoms with Gasteiger partial charge < -0.3 is 14.8 Å². The summed E-state index contributed by atoms with van der Waals surface area (Å²) in [6.45, 7) is 1.23. The summed E-state index contributed by atoms with van der Waals surface area (Å²) < 4.78 is 68.0. The van der Waals surface area contributed by atoms with Crippen LogP contribution in [0.25, 0.3) is 6.08 Å². The number of amides is 1. The third kappa shape index (κ3) is 5.86. The zero-order chi connectivity index (χ0) is 32.5. The summed E-state index contributed by atoms with van der Waals surface area (Å²) in [6.07, 6.45) is 1.60. The van der Waals surface area contributed by atoms with Gasteiger partial charge in [-0.25, -0.2) is 13.8 Å². The molecule has 0 radical (unpaired) electrons. The highest BCUT2D eigenvalue weighted by molar-refractivity contribution is 7.10. The molecule has 0 unspecified atom stereocenters. The Kier molecular flexibility index (Phi) is 8.61. The van der Waals surface area contributed by atoms with Crippen molar-refractivity contribution in [2.75, 3.05) is 12.4 Å². The van der Waals surface area contributed by atoms with Crippen LogP contribution in [0.5, 0.6) is 11.5 Å². The van der Waals surface area contributed by atoms with Gasteiger partial charge in [0, 0.05) is 22.2 Å². The van der Waals surface area contributed by atoms with Crippen LogP contribution in [0.4, 0.5) is 23.2 Å². The molecule has 7 nitrogen and oxygen atoms in total. The number of aromatic nitrogens is 1. The molecule has 3 heterocycles. The lowest BCUT2D eigenvalue weighted by Crippen LogP contribution is -2.40. The van der Waals surface area contributed by atoms with Gasteiger partial charge in [-0.15, -0.1) is 11.3 Å². The minimum Gasteiger partial charge on any atom is -0.496 e. The Labute approximate surface area is 267 Å². The Morgan fingerprint density at radius 3 is 2.43 bits per heavy atom. The van der Waals surface area contributed by atoms with Crippen LogP contribution in [0.15, 0.2) is 93.2 Å². The lowest BCUT2D eigenvalue weighted by molar-refractivity contribution is -0.113. The molecule has 0 saturated heterocycles. The van der Waals surface area contributed by atoms with Gasteiger partial charge in [0.2, 0.25) is 11.6 Å². The van der Waals surface area contributed by atoms with Crippen molar-refractivity contribution in [1.82, 2.24) is 4.57 Å². The molecule has 1 N–H and O–H groups in total. The van der Waals surface area contributed by atoms with E-state index in [1.807, 2.05) is 23.6 Å². The van der Waals surface area contributed by atoms with E-state index in [0.717, 1.165) is 16.2 Å². The van der Waals surface area contributed by atoms with E-state index in [0.29, 0.717) is 37.4 Å². The number of thiophene rings is 1. The van der Waals surface area contributed by atoms with Crippen molar-refractivity contribution in [3.05, 3.63) is 142 Å². The van der Waals surface area contributed by atoms with E-state index >= 15 is 0 Å². The van der Waals surface area contributed by atoms with Crippen LogP contribution >= 0.6 is 22.7 Å². The minimum atomic E-state index is -1.66. The van der Waals surface area contributed by atoms with E-state index < -0.39 is 41.7 Å². The molecule has 3 aromatic carbocycles. The number of benzene rings is 3. The topological polar surface area (TPSA) is 81.9 Å². The molecule has 0 bridgehead atoms. The van der Waals surface area contributed by atoms with Crippen molar-refractivity contribution in [1.29, 1.82) is 0 Å². The van der Waals surface area contributed by atoms with Crippen molar-refractivity contribution in [3.8, 4) is 11.5 Å². The summed E-state index contributed by atoms with van der Waals surface area (Å²) in [7, 11) is 1.37. The summed E-state index contributed by atoms with van der Waals surface area (Å²) in [5, 5.41) is 4.77. The number of nitrogens with one attached hydrogen (secondary N) is 1. The van der Waals surface area contributed by atoms with Crippen molar-refractivity contribution >= 4 is 40.3 Å². The fraction of sp³-hybridized carbons (Fsp3) is 0.121. The molecule has 1 aliphatic rings. The summed E-state index contributed by atoms with van der Waals surface area (Å²) in [5.41, 5.74) is 1.82. The highest BCUT2D eigenvalue weighted by Gasteiger charge is 2.33. The van der Waals surface area contributed by atoms with Crippen molar-refractivity contribution in [2.24, 2.45) is 4.99 Å². The Hall–Kier alpha value is -5.01. The number of allylic oxidation sites excluding steroid dienone is 1. The highest BCUT2D eigenvalue weighted by Crippen LogP contribution is 2.33. The van der Waals surface area contributed by atoms with Gasteiger partial charge in [-0.1, -0.05) is 41.7 Å². The van der Waals surface area contributed by atoms with Crippen LogP contribution < -0.4 is 29.7 Å². The Balaban J connectivity index is 1.38. The number of halogens is 4. The molecular weight excluding hydrogens is 643 g/mol. The van der Waals surface area contributed by atoms with E-state index in [9.17, 15) is 27.2 Å². The zero-order valence-electron chi connectivity index (χ0n) is 24.1. The monoisotopic (exact) mass is 665 g/mol. The van der Waals surface area contributed by atoms with E-state index in [2.05, 4.69) is 10.3 Å². The predicted molar refractivity (Wildman–Crippen MR) is 167 cm³/mol. The lowest BCUT2D eigenvalue weighted by Gasteiger charge is -2.24. The third-order valence-corrected chi connectivity index (χ3v) is 9.06. The number of carbonyl (C=O) groups is 1. The normalized spacial score (nSPS) is 14.6. The molecule has 0 spiro atoms. The van der Waals surface area contributed by atoms with E-state index in [4.69, 9.17) is 9.47 Å². The second kappa shape index (κ2) is 12.8. The molecule has 0 fully saturated rings. The Morgan fingerprint density at radius 1 is 1.02 bits per heavy atom. The van der Waals surface area contributed by atoms with Crippen molar-refractivity contribution in [2.45, 2.75) is 19.6 Å². The second-order valence-electron chi connectivity index (χ2n) is 10.1. The first kappa shape index (κ1) is 31.0. The number of thiazole rings is 1. The SMILES string of the molecule is COc1ccc(/C=c2/sc3n(c2=O)[C@H](c2cccs2)C(C(=O)Nc2ccccc2)=C(C)N=3)cc1COc1c(F)c(F)cc(F)c1F. The van der Waals surface area contributed by atoms with Crippen molar-refractivity contribution in [3.63, 3.8) is 0 Å². The molecule has 1 amide bonds. The lowest BCUT2D eigenvalue weighted by atomic mass is 10.0. The maximum atomic E-state index is 14.2. The maximum absolute atomic E-state index is 14.2. The standard InChI is InChI=1S/C33H23F4N3O4S2/c1-17-26(31(41)39-20-7-4-3-5-8-20)29(24-9-6-12-45-24)40-32(42)25(46-33(40)38-17)14-18-10-11-23(43-2)19(13-18)16-44-30-27(36)21(34)15-22(35)28(30)37/h3-15,29H,16H2,1-2H3,(H,39,41)/b25-14+/t29-/m1/s1. The second-order valence-corrected chi connectivity index (χ2v) is 12.1. The van der Waals surface area contributed by atoms with Gasteiger partial charge in [-0.2, -0.15) is 8.78 Å². The number of fused-ring (bicyclic) bond motifs is 1. The third-order valence-electron chi connectivity index (χ3n) is 7.16. The van der Waals surface area contributed by atoms with Gasteiger partial charge in [-0.05, 0) is 54.3 Å².